The van der Waals surface area contributed by atoms with Gasteiger partial charge in [-0.25, -0.2) is 9.18 Å². The van der Waals surface area contributed by atoms with E-state index >= 15 is 0 Å². The molecule has 0 aliphatic heterocycles. The Hall–Kier alpha value is -3.07. The fourth-order valence-electron chi connectivity index (χ4n) is 2.07. The third-order valence-electron chi connectivity index (χ3n) is 3.10. The Morgan fingerprint density at radius 2 is 1.79 bits per heavy atom. The van der Waals surface area contributed by atoms with Crippen molar-refractivity contribution in [3.05, 3.63) is 49.0 Å². The van der Waals surface area contributed by atoms with Gasteiger partial charge in [0.15, 0.2) is 0 Å². The van der Waals surface area contributed by atoms with Crippen molar-refractivity contribution < 1.29 is 14.3 Å². The summed E-state index contributed by atoms with van der Waals surface area (Å²) in [7, 11) is 0. The third-order valence-corrected chi connectivity index (χ3v) is 3.87. The number of pyridine rings is 1. The zero-order valence-corrected chi connectivity index (χ0v) is 13.0. The summed E-state index contributed by atoms with van der Waals surface area (Å²) >= 11 is 11.8. The van der Waals surface area contributed by atoms with Crippen LogP contribution in [0.1, 0.15) is 21.5 Å². The predicted octanol–water partition coefficient (Wildman–Crippen LogP) is 2.51. The minimum atomic E-state index is -1.56. The van der Waals surface area contributed by atoms with Crippen molar-refractivity contribution in [3.8, 4) is 23.3 Å². The second-order valence-corrected chi connectivity index (χ2v) is 5.19. The Morgan fingerprint density at radius 1 is 1.21 bits per heavy atom. The number of carbonyl (C=O) groups is 1. The molecule has 2 rings (SSSR count). The average molecular weight is 367 g/mol. The molecule has 0 saturated heterocycles. The molecular weight excluding hydrogens is 362 g/mol. The number of nitrogen functional groups attached to an aromatic ring is 1. The highest BCUT2D eigenvalue weighted by Crippen LogP contribution is 2.41. The first-order chi connectivity index (χ1) is 11.2. The minimum absolute atomic E-state index is 0.392. The number of hydrogen-bond acceptors (Lipinski definition) is 5. The van der Waals surface area contributed by atoms with Crippen molar-refractivity contribution in [2.75, 3.05) is 5.73 Å². The maximum Gasteiger partial charge on any atom is 0.337 e. The lowest BCUT2D eigenvalue weighted by atomic mass is 9.94. The van der Waals surface area contributed by atoms with E-state index in [1.54, 1.807) is 12.1 Å². The van der Waals surface area contributed by atoms with Crippen LogP contribution in [0, 0.1) is 28.5 Å². The number of carboxylic acids is 1. The molecule has 1 aromatic heterocycles. The second kappa shape index (κ2) is 6.20. The Kier molecular flexibility index (Phi) is 4.47. The molecule has 2 aromatic rings. The van der Waals surface area contributed by atoms with E-state index in [9.17, 15) is 24.5 Å². The second-order valence-electron chi connectivity index (χ2n) is 4.43. The molecular formula is C14H5Cl2FN4O3. The van der Waals surface area contributed by atoms with Gasteiger partial charge in [-0.2, -0.15) is 10.5 Å². The molecule has 24 heavy (non-hydrogen) atoms. The largest absolute Gasteiger partial charge is 0.478 e. The molecule has 0 fully saturated rings. The molecule has 0 saturated carbocycles. The van der Waals surface area contributed by atoms with Crippen molar-refractivity contribution in [3.63, 3.8) is 0 Å². The first kappa shape index (κ1) is 17.3. The Balaban J connectivity index is 3.15. The highest BCUT2D eigenvalue weighted by Gasteiger charge is 2.27. The summed E-state index contributed by atoms with van der Waals surface area (Å²) in [6.07, 6.45) is 0. The molecule has 0 radical (unpaired) electrons. The van der Waals surface area contributed by atoms with Crippen molar-refractivity contribution in [1.82, 2.24) is 4.98 Å². The van der Waals surface area contributed by atoms with Gasteiger partial charge < -0.3 is 15.8 Å². The van der Waals surface area contributed by atoms with E-state index in [0.29, 0.717) is 6.07 Å². The SMILES string of the molecule is N#Cc1c(N)[nH]c(=O)c(C#N)c1-c1c(Cl)c(F)cc(C(=O)O)c1Cl. The molecule has 0 atom stereocenters. The van der Waals surface area contributed by atoms with E-state index < -0.39 is 61.0 Å². The van der Waals surface area contributed by atoms with Crippen LogP contribution in [-0.2, 0) is 0 Å². The van der Waals surface area contributed by atoms with Gasteiger partial charge in [0.2, 0.25) is 0 Å². The number of nitrogens with one attached hydrogen (secondary N) is 1. The first-order valence-electron chi connectivity index (χ1n) is 6.01. The van der Waals surface area contributed by atoms with E-state index in [4.69, 9.17) is 34.0 Å². The zero-order chi connectivity index (χ0) is 18.2. The smallest absolute Gasteiger partial charge is 0.337 e. The number of aromatic carboxylic acids is 1. The minimum Gasteiger partial charge on any atom is -0.478 e. The molecule has 1 aromatic carbocycles. The van der Waals surface area contributed by atoms with E-state index in [-0.39, 0.29) is 0 Å². The maximum atomic E-state index is 14.0. The third kappa shape index (κ3) is 2.54. The van der Waals surface area contributed by atoms with E-state index in [1.807, 2.05) is 0 Å². The van der Waals surface area contributed by atoms with E-state index in [2.05, 4.69) is 4.98 Å². The standard InChI is InChI=1S/C14H5Cl2FN4O3/c15-10-4(14(23)24)1-7(17)11(16)9(10)8-5(2-18)12(20)21-13(22)6(8)3-19/h1H,(H,23,24)(H3,20,21,22). The van der Waals surface area contributed by atoms with E-state index in [1.165, 1.54) is 0 Å². The van der Waals surface area contributed by atoms with Gasteiger partial charge in [-0.15, -0.1) is 0 Å². The van der Waals surface area contributed by atoms with Crippen molar-refractivity contribution >= 4 is 35.0 Å². The molecule has 0 unspecified atom stereocenters. The molecule has 1 heterocycles. The Bertz CT molecular complexity index is 1030. The number of nitrogens with two attached hydrogens (primary N) is 1. The van der Waals surface area contributed by atoms with Crippen LogP contribution >= 0.6 is 23.2 Å². The van der Waals surface area contributed by atoms with Gasteiger partial charge in [0.1, 0.15) is 34.9 Å². The number of rotatable bonds is 2. The summed E-state index contributed by atoms with van der Waals surface area (Å²) in [5, 5.41) is 26.3. The quantitative estimate of drug-likeness (QED) is 0.696. The van der Waals surface area contributed by atoms with Gasteiger partial charge in [0.25, 0.3) is 5.56 Å². The first-order valence-corrected chi connectivity index (χ1v) is 6.77. The summed E-state index contributed by atoms with van der Waals surface area (Å²) in [6, 6.07) is 3.79. The molecule has 0 bridgehead atoms. The number of benzene rings is 1. The summed E-state index contributed by atoms with van der Waals surface area (Å²) in [4.78, 5) is 25.2. The normalized spacial score (nSPS) is 10.0. The fourth-order valence-corrected chi connectivity index (χ4v) is 2.69. The molecule has 120 valence electrons. The summed E-state index contributed by atoms with van der Waals surface area (Å²) in [6.45, 7) is 0. The lowest BCUT2D eigenvalue weighted by molar-refractivity contribution is 0.0696. The Morgan fingerprint density at radius 3 is 2.29 bits per heavy atom. The number of carboxylic acid groups (broad SMARTS) is 1. The lowest BCUT2D eigenvalue weighted by Crippen LogP contribution is -2.17. The predicted molar refractivity (Wildman–Crippen MR) is 83.3 cm³/mol. The zero-order valence-electron chi connectivity index (χ0n) is 11.4. The van der Waals surface area contributed by atoms with Crippen LogP contribution in [0.3, 0.4) is 0 Å². The highest BCUT2D eigenvalue weighted by molar-refractivity contribution is 6.41. The molecule has 7 nitrogen and oxygen atoms in total. The number of halogens is 3. The number of anilines is 1. The molecule has 0 aliphatic rings. The number of hydrogen-bond donors (Lipinski definition) is 3. The van der Waals surface area contributed by atoms with Crippen LogP contribution in [0.4, 0.5) is 10.2 Å². The summed E-state index contributed by atoms with van der Waals surface area (Å²) in [5.41, 5.74) is 2.03. The molecule has 10 heteroatoms. The van der Waals surface area contributed by atoms with Crippen LogP contribution in [0.15, 0.2) is 10.9 Å². The van der Waals surface area contributed by atoms with Crippen LogP contribution in [0.25, 0.3) is 11.1 Å². The fraction of sp³-hybridized carbons (Fsp3) is 0. The van der Waals surface area contributed by atoms with Gasteiger partial charge >= 0.3 is 5.97 Å². The highest BCUT2D eigenvalue weighted by atomic mass is 35.5. The van der Waals surface area contributed by atoms with Gasteiger partial charge in [-0.3, -0.25) is 4.79 Å². The molecule has 0 aliphatic carbocycles. The van der Waals surface area contributed by atoms with Crippen LogP contribution in [-0.4, -0.2) is 16.1 Å². The number of H-pyrrole nitrogens is 1. The van der Waals surface area contributed by atoms with Gasteiger partial charge in [0, 0.05) is 11.1 Å². The van der Waals surface area contributed by atoms with Crippen molar-refractivity contribution in [2.24, 2.45) is 0 Å². The number of aromatic amines is 1. The number of nitrogens with zero attached hydrogens (tertiary/aromatic N) is 2. The molecule has 0 spiro atoms. The van der Waals surface area contributed by atoms with Crippen LogP contribution < -0.4 is 11.3 Å². The Labute approximate surface area is 143 Å². The van der Waals surface area contributed by atoms with Crippen LogP contribution in [0.2, 0.25) is 10.0 Å². The van der Waals surface area contributed by atoms with Gasteiger partial charge in [-0.05, 0) is 6.07 Å². The van der Waals surface area contributed by atoms with Crippen molar-refractivity contribution in [1.29, 1.82) is 10.5 Å². The average Bonchev–Trinajstić information content (AvgIpc) is 2.51. The summed E-state index contributed by atoms with van der Waals surface area (Å²) in [5.74, 6) is -3.11. The van der Waals surface area contributed by atoms with E-state index in [0.717, 1.165) is 0 Å². The number of aromatic nitrogens is 1. The summed E-state index contributed by atoms with van der Waals surface area (Å²) < 4.78 is 14.0. The molecule has 4 N–H and O–H groups in total. The van der Waals surface area contributed by atoms with Crippen LogP contribution in [0.5, 0.6) is 0 Å². The topological polar surface area (TPSA) is 144 Å². The number of nitriles is 2. The van der Waals surface area contributed by atoms with Gasteiger partial charge in [0.05, 0.1) is 15.6 Å². The molecule has 0 amide bonds. The van der Waals surface area contributed by atoms with Gasteiger partial charge in [-0.1, -0.05) is 23.2 Å². The van der Waals surface area contributed by atoms with Crippen molar-refractivity contribution in [2.45, 2.75) is 0 Å². The monoisotopic (exact) mass is 366 g/mol. The maximum absolute atomic E-state index is 14.0. The lowest BCUT2D eigenvalue weighted by Gasteiger charge is -2.14.